The number of anilines is 1. The maximum Gasteiger partial charge on any atom is 0.265 e. The van der Waals surface area contributed by atoms with Crippen LogP contribution in [-0.4, -0.2) is 18.7 Å². The lowest BCUT2D eigenvalue weighted by Gasteiger charge is -2.05. The SMILES string of the molecule is N#Cc1ccc(NC(=O)CO/N=C\c2cccc(Cl)c2Cl)cc1Cl. The number of hydrogen-bond acceptors (Lipinski definition) is 4. The van der Waals surface area contributed by atoms with Crippen LogP contribution in [0.4, 0.5) is 5.69 Å². The molecule has 0 atom stereocenters. The first-order valence-corrected chi connectivity index (χ1v) is 7.73. The van der Waals surface area contributed by atoms with Crippen molar-refractivity contribution >= 4 is 52.6 Å². The zero-order valence-electron chi connectivity index (χ0n) is 12.1. The quantitative estimate of drug-likeness (QED) is 0.611. The van der Waals surface area contributed by atoms with Gasteiger partial charge in [0.2, 0.25) is 0 Å². The fourth-order valence-corrected chi connectivity index (χ4v) is 2.27. The minimum atomic E-state index is -0.426. The molecule has 0 heterocycles. The van der Waals surface area contributed by atoms with Gasteiger partial charge in [0.05, 0.1) is 26.8 Å². The van der Waals surface area contributed by atoms with Crippen LogP contribution in [0.2, 0.25) is 15.1 Å². The zero-order chi connectivity index (χ0) is 17.5. The molecule has 0 aliphatic heterocycles. The van der Waals surface area contributed by atoms with Crippen molar-refractivity contribution in [2.24, 2.45) is 5.16 Å². The van der Waals surface area contributed by atoms with E-state index in [9.17, 15) is 4.79 Å². The molecule has 0 aromatic heterocycles. The van der Waals surface area contributed by atoms with E-state index in [1.54, 1.807) is 24.3 Å². The summed E-state index contributed by atoms with van der Waals surface area (Å²) in [5.41, 5.74) is 1.35. The Labute approximate surface area is 153 Å². The second kappa shape index (κ2) is 8.55. The van der Waals surface area contributed by atoms with Crippen LogP contribution in [0.5, 0.6) is 0 Å². The van der Waals surface area contributed by atoms with Gasteiger partial charge in [0.25, 0.3) is 5.91 Å². The van der Waals surface area contributed by atoms with Crippen molar-refractivity contribution < 1.29 is 9.63 Å². The molecule has 0 bridgehead atoms. The molecule has 1 amide bonds. The Balaban J connectivity index is 1.87. The Hall–Kier alpha value is -2.26. The smallest absolute Gasteiger partial charge is 0.265 e. The lowest BCUT2D eigenvalue weighted by molar-refractivity contribution is -0.120. The highest BCUT2D eigenvalue weighted by molar-refractivity contribution is 6.43. The van der Waals surface area contributed by atoms with Crippen molar-refractivity contribution in [1.29, 1.82) is 5.26 Å². The molecule has 2 aromatic rings. The normalized spacial score (nSPS) is 10.4. The molecule has 0 saturated carbocycles. The highest BCUT2D eigenvalue weighted by Crippen LogP contribution is 2.24. The van der Waals surface area contributed by atoms with Crippen LogP contribution in [0.15, 0.2) is 41.6 Å². The topological polar surface area (TPSA) is 74.5 Å². The maximum absolute atomic E-state index is 11.7. The average Bonchev–Trinajstić information content (AvgIpc) is 2.55. The van der Waals surface area contributed by atoms with Gasteiger partial charge in [-0.1, -0.05) is 52.1 Å². The van der Waals surface area contributed by atoms with Crippen LogP contribution >= 0.6 is 34.8 Å². The van der Waals surface area contributed by atoms with E-state index in [-0.39, 0.29) is 11.6 Å². The molecule has 24 heavy (non-hydrogen) atoms. The summed E-state index contributed by atoms with van der Waals surface area (Å²) in [5, 5.41) is 16.0. The summed E-state index contributed by atoms with van der Waals surface area (Å²) in [6, 6.07) is 11.6. The van der Waals surface area contributed by atoms with Gasteiger partial charge in [-0.3, -0.25) is 4.79 Å². The number of benzene rings is 2. The molecule has 122 valence electrons. The minimum absolute atomic E-state index is 0.254. The third-order valence-electron chi connectivity index (χ3n) is 2.82. The summed E-state index contributed by atoms with van der Waals surface area (Å²) in [6.07, 6.45) is 1.36. The Morgan fingerprint density at radius 3 is 2.75 bits per heavy atom. The average molecular weight is 383 g/mol. The van der Waals surface area contributed by atoms with Gasteiger partial charge in [0.15, 0.2) is 6.61 Å². The van der Waals surface area contributed by atoms with Gasteiger partial charge in [-0.15, -0.1) is 0 Å². The Kier molecular flexibility index (Phi) is 6.44. The van der Waals surface area contributed by atoms with Crippen molar-refractivity contribution in [3.63, 3.8) is 0 Å². The van der Waals surface area contributed by atoms with Gasteiger partial charge in [-0.2, -0.15) is 5.26 Å². The number of carbonyl (C=O) groups excluding carboxylic acids is 1. The van der Waals surface area contributed by atoms with Crippen molar-refractivity contribution in [2.75, 3.05) is 11.9 Å². The summed E-state index contributed by atoms with van der Waals surface area (Å²) in [6.45, 7) is -0.299. The summed E-state index contributed by atoms with van der Waals surface area (Å²) < 4.78 is 0. The maximum atomic E-state index is 11.7. The van der Waals surface area contributed by atoms with Crippen LogP contribution in [0, 0.1) is 11.3 Å². The first-order chi connectivity index (χ1) is 11.5. The van der Waals surface area contributed by atoms with Crippen molar-refractivity contribution in [3.05, 3.63) is 62.6 Å². The fraction of sp³-hybridized carbons (Fsp3) is 0.0625. The van der Waals surface area contributed by atoms with Gasteiger partial charge >= 0.3 is 0 Å². The highest BCUT2D eigenvalue weighted by atomic mass is 35.5. The van der Waals surface area contributed by atoms with E-state index in [4.69, 9.17) is 44.9 Å². The predicted molar refractivity (Wildman–Crippen MR) is 94.8 cm³/mol. The Bertz CT molecular complexity index is 832. The number of halogens is 3. The second-order valence-corrected chi connectivity index (χ2v) is 5.70. The molecule has 0 radical (unpaired) electrons. The highest BCUT2D eigenvalue weighted by Gasteiger charge is 2.06. The van der Waals surface area contributed by atoms with E-state index in [0.717, 1.165) is 0 Å². The lowest BCUT2D eigenvalue weighted by Crippen LogP contribution is -2.17. The number of hydrogen-bond donors (Lipinski definition) is 1. The van der Waals surface area contributed by atoms with Crippen LogP contribution in [0.25, 0.3) is 0 Å². The molecular formula is C16H10Cl3N3O2. The molecule has 2 rings (SSSR count). The number of nitrogens with one attached hydrogen (secondary N) is 1. The summed E-state index contributed by atoms with van der Waals surface area (Å²) in [4.78, 5) is 16.7. The number of nitrogens with zero attached hydrogens (tertiary/aromatic N) is 2. The van der Waals surface area contributed by atoms with E-state index < -0.39 is 5.91 Å². The van der Waals surface area contributed by atoms with Gasteiger partial charge in [0, 0.05) is 11.3 Å². The predicted octanol–water partition coefficient (Wildman–Crippen LogP) is 4.51. The molecule has 0 spiro atoms. The molecule has 0 aliphatic carbocycles. The molecule has 8 heteroatoms. The number of oxime groups is 1. The minimum Gasteiger partial charge on any atom is -0.386 e. The lowest BCUT2D eigenvalue weighted by atomic mass is 10.2. The van der Waals surface area contributed by atoms with E-state index >= 15 is 0 Å². The van der Waals surface area contributed by atoms with Gasteiger partial charge in [-0.05, 0) is 24.3 Å². The van der Waals surface area contributed by atoms with Crippen LogP contribution in [0.1, 0.15) is 11.1 Å². The van der Waals surface area contributed by atoms with Crippen LogP contribution < -0.4 is 5.32 Å². The molecule has 5 nitrogen and oxygen atoms in total. The first kappa shape index (κ1) is 18.1. The standard InChI is InChI=1S/C16H10Cl3N3O2/c17-13-3-1-2-11(16(13)19)8-21-24-9-15(23)22-12-5-4-10(7-20)14(18)6-12/h1-6,8H,9H2,(H,22,23)/b21-8-. The second-order valence-electron chi connectivity index (χ2n) is 4.51. The monoisotopic (exact) mass is 381 g/mol. The fourth-order valence-electron chi connectivity index (χ4n) is 1.69. The van der Waals surface area contributed by atoms with Crippen molar-refractivity contribution in [3.8, 4) is 6.07 Å². The molecule has 2 aromatic carbocycles. The number of nitriles is 1. The van der Waals surface area contributed by atoms with Gasteiger partial charge in [-0.25, -0.2) is 0 Å². The van der Waals surface area contributed by atoms with Crippen molar-refractivity contribution in [2.45, 2.75) is 0 Å². The largest absolute Gasteiger partial charge is 0.386 e. The summed E-state index contributed by atoms with van der Waals surface area (Å²) in [7, 11) is 0. The molecule has 0 unspecified atom stereocenters. The third kappa shape index (κ3) is 4.87. The number of amides is 1. The third-order valence-corrected chi connectivity index (χ3v) is 3.96. The number of carbonyl (C=O) groups is 1. The van der Waals surface area contributed by atoms with Crippen LogP contribution in [0.3, 0.4) is 0 Å². The molecule has 1 N–H and O–H groups in total. The summed E-state index contributed by atoms with van der Waals surface area (Å²) >= 11 is 17.7. The molecule has 0 saturated heterocycles. The Morgan fingerprint density at radius 1 is 1.25 bits per heavy atom. The molecular weight excluding hydrogens is 373 g/mol. The van der Waals surface area contributed by atoms with E-state index in [1.807, 2.05) is 6.07 Å². The Morgan fingerprint density at radius 2 is 2.04 bits per heavy atom. The van der Waals surface area contributed by atoms with Gasteiger partial charge in [0.1, 0.15) is 6.07 Å². The van der Waals surface area contributed by atoms with E-state index in [1.165, 1.54) is 18.3 Å². The zero-order valence-corrected chi connectivity index (χ0v) is 14.4. The molecule has 0 fully saturated rings. The van der Waals surface area contributed by atoms with Crippen LogP contribution in [-0.2, 0) is 9.63 Å². The van der Waals surface area contributed by atoms with E-state index in [0.29, 0.717) is 26.9 Å². The van der Waals surface area contributed by atoms with Gasteiger partial charge < -0.3 is 10.2 Å². The number of rotatable bonds is 5. The molecule has 0 aliphatic rings. The van der Waals surface area contributed by atoms with Crippen molar-refractivity contribution in [1.82, 2.24) is 0 Å². The van der Waals surface area contributed by atoms with E-state index in [2.05, 4.69) is 10.5 Å². The summed E-state index contributed by atoms with van der Waals surface area (Å²) in [5.74, 6) is -0.426. The first-order valence-electron chi connectivity index (χ1n) is 6.60.